The van der Waals surface area contributed by atoms with Gasteiger partial charge in [0.25, 0.3) is 21.9 Å². The van der Waals surface area contributed by atoms with Crippen molar-refractivity contribution in [2.75, 3.05) is 12.9 Å². The minimum absolute atomic E-state index is 0.0337. The highest BCUT2D eigenvalue weighted by Gasteiger charge is 2.39. The molecule has 10 heteroatoms. The van der Waals surface area contributed by atoms with Crippen LogP contribution >= 0.6 is 11.8 Å². The maximum Gasteiger partial charge on any atom is 0.353 e. The average molecular weight is 353 g/mol. The quantitative estimate of drug-likeness (QED) is 0.458. The average Bonchev–Trinajstić information content (AvgIpc) is 2.74. The molecule has 0 bridgehead atoms. The van der Waals surface area contributed by atoms with E-state index >= 15 is 0 Å². The summed E-state index contributed by atoms with van der Waals surface area (Å²) in [5.41, 5.74) is 0. The summed E-state index contributed by atoms with van der Waals surface area (Å²) < 4.78 is 28.0. The van der Waals surface area contributed by atoms with E-state index in [0.717, 1.165) is 7.11 Å². The third-order valence-corrected chi connectivity index (χ3v) is 5.59. The molecular weight excluding hydrogens is 334 g/mol. The van der Waals surface area contributed by atoms with E-state index in [2.05, 4.69) is 9.02 Å². The first-order chi connectivity index (χ1) is 10.2. The third-order valence-electron chi connectivity index (χ3n) is 2.86. The predicted octanol–water partition coefficient (Wildman–Crippen LogP) is 0.470. The molecule has 2 amide bonds. The first-order valence-electron chi connectivity index (χ1n) is 6.67. The highest BCUT2D eigenvalue weighted by atomic mass is 32.2. The van der Waals surface area contributed by atoms with Gasteiger partial charge in [0.15, 0.2) is 5.25 Å². The molecular formula is C12H19NO7S2. The molecule has 0 aromatic heterocycles. The van der Waals surface area contributed by atoms with Crippen molar-refractivity contribution in [3.05, 3.63) is 0 Å². The van der Waals surface area contributed by atoms with E-state index in [0.29, 0.717) is 10.8 Å². The minimum atomic E-state index is -4.17. The van der Waals surface area contributed by atoms with Crippen LogP contribution in [0.5, 0.6) is 0 Å². The Bertz CT molecular complexity index is 528. The molecule has 0 spiro atoms. The lowest BCUT2D eigenvalue weighted by atomic mass is 10.3. The normalized spacial score (nSPS) is 17.2. The van der Waals surface area contributed by atoms with Gasteiger partial charge in [-0.3, -0.25) is 13.8 Å². The second-order valence-corrected chi connectivity index (χ2v) is 8.42. The Kier molecular flexibility index (Phi) is 6.82. The number of hydrogen-bond donors (Lipinski definition) is 0. The molecule has 126 valence electrons. The van der Waals surface area contributed by atoms with Crippen molar-refractivity contribution in [2.24, 2.45) is 0 Å². The summed E-state index contributed by atoms with van der Waals surface area (Å²) in [7, 11) is -3.23. The lowest BCUT2D eigenvalue weighted by Crippen LogP contribution is -2.40. The Balaban J connectivity index is 2.79. The van der Waals surface area contributed by atoms with E-state index in [1.165, 1.54) is 11.8 Å². The smallest absolute Gasteiger partial charge is 0.329 e. The standard InChI is InChI=1S/C12H19NO7S2/c1-8(2)21-7-6-9(22(17,18)19-3)12(16)20-13-10(14)4-5-11(13)15/h8-9H,4-7H2,1-3H3. The van der Waals surface area contributed by atoms with Crippen molar-refractivity contribution < 1.29 is 31.8 Å². The van der Waals surface area contributed by atoms with E-state index in [9.17, 15) is 22.8 Å². The number of hydrogen-bond acceptors (Lipinski definition) is 8. The van der Waals surface area contributed by atoms with Gasteiger partial charge in [0.2, 0.25) is 0 Å². The van der Waals surface area contributed by atoms with Crippen LogP contribution < -0.4 is 0 Å². The molecule has 1 rings (SSSR count). The first kappa shape index (κ1) is 18.9. The van der Waals surface area contributed by atoms with Gasteiger partial charge in [-0.25, -0.2) is 4.79 Å². The molecule has 1 unspecified atom stereocenters. The van der Waals surface area contributed by atoms with Crippen molar-refractivity contribution in [1.29, 1.82) is 0 Å². The molecule has 0 radical (unpaired) electrons. The zero-order valence-corrected chi connectivity index (χ0v) is 14.2. The minimum Gasteiger partial charge on any atom is -0.329 e. The molecule has 1 atom stereocenters. The fourth-order valence-corrected chi connectivity index (χ4v) is 3.62. The molecule has 0 aromatic rings. The molecule has 1 saturated heterocycles. The molecule has 1 fully saturated rings. The van der Waals surface area contributed by atoms with E-state index in [-0.39, 0.29) is 24.5 Å². The van der Waals surface area contributed by atoms with Gasteiger partial charge in [-0.05, 0) is 17.4 Å². The monoisotopic (exact) mass is 353 g/mol. The van der Waals surface area contributed by atoms with Crippen LogP contribution in [0.3, 0.4) is 0 Å². The fourth-order valence-electron chi connectivity index (χ4n) is 1.71. The first-order valence-corrected chi connectivity index (χ1v) is 9.19. The van der Waals surface area contributed by atoms with Gasteiger partial charge in [-0.1, -0.05) is 13.8 Å². The van der Waals surface area contributed by atoms with E-state index in [4.69, 9.17) is 0 Å². The van der Waals surface area contributed by atoms with E-state index < -0.39 is 33.2 Å². The number of imide groups is 1. The number of carbonyl (C=O) groups excluding carboxylic acids is 3. The maximum absolute atomic E-state index is 12.0. The largest absolute Gasteiger partial charge is 0.353 e. The number of nitrogens with zero attached hydrogens (tertiary/aromatic N) is 1. The second-order valence-electron chi connectivity index (χ2n) is 4.85. The molecule has 22 heavy (non-hydrogen) atoms. The summed E-state index contributed by atoms with van der Waals surface area (Å²) in [6.07, 6.45) is -0.151. The summed E-state index contributed by atoms with van der Waals surface area (Å²) in [5, 5.41) is -0.982. The van der Waals surface area contributed by atoms with Crippen molar-refractivity contribution in [1.82, 2.24) is 5.06 Å². The lowest BCUT2D eigenvalue weighted by molar-refractivity contribution is -0.197. The molecule has 0 N–H and O–H groups in total. The number of rotatable bonds is 8. The number of amides is 2. The van der Waals surface area contributed by atoms with E-state index in [1.54, 1.807) is 0 Å². The van der Waals surface area contributed by atoms with Crippen LogP contribution in [-0.4, -0.2) is 54.6 Å². The molecule has 1 heterocycles. The maximum atomic E-state index is 12.0. The summed E-state index contributed by atoms with van der Waals surface area (Å²) >= 11 is 1.47. The van der Waals surface area contributed by atoms with Gasteiger partial charge in [0.05, 0.1) is 7.11 Å². The number of thioether (sulfide) groups is 1. The zero-order valence-electron chi connectivity index (χ0n) is 12.6. The Morgan fingerprint density at radius 1 is 1.27 bits per heavy atom. The molecule has 0 aliphatic carbocycles. The molecule has 8 nitrogen and oxygen atoms in total. The predicted molar refractivity (Wildman–Crippen MR) is 79.1 cm³/mol. The van der Waals surface area contributed by atoms with Crippen LogP contribution in [-0.2, 0) is 33.5 Å². The summed E-state index contributed by atoms with van der Waals surface area (Å²) in [5.74, 6) is -2.12. The molecule has 0 saturated carbocycles. The summed E-state index contributed by atoms with van der Waals surface area (Å²) in [4.78, 5) is 39.5. The van der Waals surface area contributed by atoms with Crippen LogP contribution in [0, 0.1) is 0 Å². The number of carbonyl (C=O) groups is 3. The van der Waals surface area contributed by atoms with Crippen LogP contribution in [0.2, 0.25) is 0 Å². The van der Waals surface area contributed by atoms with Gasteiger partial charge in [-0.15, -0.1) is 5.06 Å². The van der Waals surface area contributed by atoms with Crippen molar-refractivity contribution in [3.8, 4) is 0 Å². The Morgan fingerprint density at radius 3 is 2.27 bits per heavy atom. The number of hydroxylamine groups is 2. The molecule has 0 aromatic carbocycles. The summed E-state index contributed by atoms with van der Waals surface area (Å²) in [6, 6.07) is 0. The van der Waals surface area contributed by atoms with Gasteiger partial charge in [0.1, 0.15) is 0 Å². The van der Waals surface area contributed by atoms with Crippen LogP contribution in [0.15, 0.2) is 0 Å². The molecule has 1 aliphatic heterocycles. The van der Waals surface area contributed by atoms with Gasteiger partial charge < -0.3 is 4.84 Å². The Morgan fingerprint density at radius 2 is 1.82 bits per heavy atom. The van der Waals surface area contributed by atoms with Crippen LogP contribution in [0.25, 0.3) is 0 Å². The Hall–Kier alpha value is -1.13. The second kappa shape index (κ2) is 7.93. The topological polar surface area (TPSA) is 107 Å². The van der Waals surface area contributed by atoms with Crippen LogP contribution in [0.4, 0.5) is 0 Å². The van der Waals surface area contributed by atoms with Gasteiger partial charge in [0, 0.05) is 12.8 Å². The van der Waals surface area contributed by atoms with Crippen LogP contribution in [0.1, 0.15) is 33.1 Å². The lowest BCUT2D eigenvalue weighted by Gasteiger charge is -2.18. The summed E-state index contributed by atoms with van der Waals surface area (Å²) in [6.45, 7) is 3.87. The van der Waals surface area contributed by atoms with Crippen molar-refractivity contribution in [3.63, 3.8) is 0 Å². The zero-order chi connectivity index (χ0) is 16.9. The highest BCUT2D eigenvalue weighted by Crippen LogP contribution is 2.19. The molecule has 1 aliphatic rings. The van der Waals surface area contributed by atoms with Crippen molar-refractivity contribution >= 4 is 39.7 Å². The van der Waals surface area contributed by atoms with Gasteiger partial charge in [-0.2, -0.15) is 20.2 Å². The Labute approximate surface area is 133 Å². The third kappa shape index (κ3) is 4.96. The van der Waals surface area contributed by atoms with Gasteiger partial charge >= 0.3 is 5.97 Å². The highest BCUT2D eigenvalue weighted by molar-refractivity contribution is 7.99. The SMILES string of the molecule is COS(=O)(=O)C(CCSC(C)C)C(=O)ON1C(=O)CCC1=O. The van der Waals surface area contributed by atoms with E-state index in [1.807, 2.05) is 13.8 Å². The van der Waals surface area contributed by atoms with Crippen molar-refractivity contribution in [2.45, 2.75) is 43.6 Å². The fraction of sp³-hybridized carbons (Fsp3) is 0.750.